The van der Waals surface area contributed by atoms with Crippen LogP contribution in [0.1, 0.15) is 6.92 Å². The first kappa shape index (κ1) is 16.8. The second-order valence-electron chi connectivity index (χ2n) is 4.35. The molecule has 0 atom stereocenters. The standard InChI is InChI=1S/C10H13ClN2O6S/c1-10(5-14,6-15)12-20(18,19)9-3-2-7(11)4-8(9)13(16)17/h2-4,12,14-15H,5-6H2,1H3. The average Bonchev–Trinajstić information content (AvgIpc) is 2.37. The van der Waals surface area contributed by atoms with Crippen molar-refractivity contribution in [3.8, 4) is 0 Å². The molecule has 1 rings (SSSR count). The van der Waals surface area contributed by atoms with Crippen LogP contribution in [0, 0.1) is 10.1 Å². The topological polar surface area (TPSA) is 130 Å². The molecule has 0 heterocycles. The molecule has 10 heteroatoms. The van der Waals surface area contributed by atoms with Gasteiger partial charge in [0.2, 0.25) is 10.0 Å². The Bertz CT molecular complexity index is 614. The van der Waals surface area contributed by atoms with Crippen molar-refractivity contribution in [2.45, 2.75) is 17.4 Å². The van der Waals surface area contributed by atoms with Crippen LogP contribution in [0.2, 0.25) is 5.02 Å². The van der Waals surface area contributed by atoms with E-state index in [0.29, 0.717) is 0 Å². The summed E-state index contributed by atoms with van der Waals surface area (Å²) >= 11 is 5.60. The maximum Gasteiger partial charge on any atom is 0.290 e. The van der Waals surface area contributed by atoms with Gasteiger partial charge in [0.1, 0.15) is 0 Å². The molecule has 0 unspecified atom stereocenters. The molecule has 112 valence electrons. The molecule has 0 amide bonds. The molecule has 0 radical (unpaired) electrons. The molecule has 3 N–H and O–H groups in total. The number of benzene rings is 1. The van der Waals surface area contributed by atoms with Crippen molar-refractivity contribution < 1.29 is 23.6 Å². The number of halogens is 1. The van der Waals surface area contributed by atoms with Crippen molar-refractivity contribution in [3.05, 3.63) is 33.3 Å². The molecule has 0 aliphatic heterocycles. The Morgan fingerprint density at radius 3 is 2.40 bits per heavy atom. The Labute approximate surface area is 120 Å². The monoisotopic (exact) mass is 324 g/mol. The lowest BCUT2D eigenvalue weighted by Crippen LogP contribution is -2.51. The summed E-state index contributed by atoms with van der Waals surface area (Å²) in [4.78, 5) is 9.40. The predicted octanol–water partition coefficient (Wildman–Crippen LogP) is 0.270. The van der Waals surface area contributed by atoms with E-state index in [1.165, 1.54) is 13.0 Å². The van der Waals surface area contributed by atoms with E-state index in [-0.39, 0.29) is 5.02 Å². The van der Waals surface area contributed by atoms with E-state index in [4.69, 9.17) is 21.8 Å². The Kier molecular flexibility index (Phi) is 5.05. The Hall–Kier alpha value is -1.26. The van der Waals surface area contributed by atoms with E-state index in [1.54, 1.807) is 0 Å². The number of nitrogens with zero attached hydrogens (tertiary/aromatic N) is 1. The van der Waals surface area contributed by atoms with Crippen LogP contribution in [0.5, 0.6) is 0 Å². The number of nitro benzene ring substituents is 1. The van der Waals surface area contributed by atoms with Crippen LogP contribution in [-0.4, -0.2) is 42.3 Å². The van der Waals surface area contributed by atoms with Crippen LogP contribution in [-0.2, 0) is 10.0 Å². The molecule has 0 bridgehead atoms. The van der Waals surface area contributed by atoms with Crippen molar-refractivity contribution in [2.75, 3.05) is 13.2 Å². The lowest BCUT2D eigenvalue weighted by atomic mass is 10.1. The summed E-state index contributed by atoms with van der Waals surface area (Å²) in [5.74, 6) is 0. The molecule has 1 aromatic carbocycles. The minimum Gasteiger partial charge on any atom is -0.394 e. The van der Waals surface area contributed by atoms with Gasteiger partial charge in [-0.2, -0.15) is 0 Å². The molecule has 1 aromatic rings. The highest BCUT2D eigenvalue weighted by Crippen LogP contribution is 2.27. The minimum atomic E-state index is -4.30. The van der Waals surface area contributed by atoms with Gasteiger partial charge in [-0.05, 0) is 19.1 Å². The molecule has 0 aromatic heterocycles. The number of hydrogen-bond acceptors (Lipinski definition) is 6. The van der Waals surface area contributed by atoms with E-state index in [2.05, 4.69) is 0 Å². The Morgan fingerprint density at radius 2 is 1.95 bits per heavy atom. The van der Waals surface area contributed by atoms with Gasteiger partial charge in [0.15, 0.2) is 4.90 Å². The third kappa shape index (κ3) is 3.64. The molecule has 0 fully saturated rings. The first-order chi connectivity index (χ1) is 9.15. The first-order valence-corrected chi connectivity index (χ1v) is 7.21. The molecular formula is C10H13ClN2O6S. The van der Waals surface area contributed by atoms with Gasteiger partial charge in [-0.3, -0.25) is 10.1 Å². The van der Waals surface area contributed by atoms with Crippen molar-refractivity contribution in [1.82, 2.24) is 4.72 Å². The van der Waals surface area contributed by atoms with Gasteiger partial charge in [-0.1, -0.05) is 11.6 Å². The van der Waals surface area contributed by atoms with Gasteiger partial charge in [-0.15, -0.1) is 0 Å². The molecule has 0 saturated carbocycles. The fourth-order valence-corrected chi connectivity index (χ4v) is 3.06. The van der Waals surface area contributed by atoms with Gasteiger partial charge in [0.25, 0.3) is 5.69 Å². The molecule has 0 saturated heterocycles. The number of nitro groups is 1. The normalized spacial score (nSPS) is 12.4. The zero-order chi connectivity index (χ0) is 15.6. The maximum atomic E-state index is 12.1. The fourth-order valence-electron chi connectivity index (χ4n) is 1.35. The van der Waals surface area contributed by atoms with Crippen molar-refractivity contribution in [1.29, 1.82) is 0 Å². The Balaban J connectivity index is 3.33. The maximum absolute atomic E-state index is 12.1. The van der Waals surface area contributed by atoms with Crippen molar-refractivity contribution in [2.24, 2.45) is 0 Å². The lowest BCUT2D eigenvalue weighted by molar-refractivity contribution is -0.387. The third-order valence-electron chi connectivity index (χ3n) is 2.49. The quantitative estimate of drug-likeness (QED) is 0.508. The van der Waals surface area contributed by atoms with Crippen LogP contribution in [0.4, 0.5) is 5.69 Å². The summed E-state index contributed by atoms with van der Waals surface area (Å²) in [7, 11) is -4.30. The van der Waals surface area contributed by atoms with E-state index >= 15 is 0 Å². The van der Waals surface area contributed by atoms with Gasteiger partial charge in [0, 0.05) is 11.1 Å². The van der Waals surface area contributed by atoms with Crippen LogP contribution >= 0.6 is 11.6 Å². The number of sulfonamides is 1. The third-order valence-corrected chi connectivity index (χ3v) is 4.41. The van der Waals surface area contributed by atoms with Crippen LogP contribution in [0.25, 0.3) is 0 Å². The van der Waals surface area contributed by atoms with E-state index in [1.807, 2.05) is 4.72 Å². The van der Waals surface area contributed by atoms with Crippen molar-refractivity contribution >= 4 is 27.3 Å². The number of rotatable bonds is 6. The Morgan fingerprint density at radius 1 is 1.40 bits per heavy atom. The van der Waals surface area contributed by atoms with Crippen LogP contribution < -0.4 is 4.72 Å². The molecule has 8 nitrogen and oxygen atoms in total. The van der Waals surface area contributed by atoms with Crippen LogP contribution in [0.3, 0.4) is 0 Å². The highest BCUT2D eigenvalue weighted by Gasteiger charge is 2.33. The summed E-state index contributed by atoms with van der Waals surface area (Å²) in [6.07, 6.45) is 0. The zero-order valence-corrected chi connectivity index (χ0v) is 12.0. The number of aliphatic hydroxyl groups is 2. The highest BCUT2D eigenvalue weighted by atomic mass is 35.5. The molecular weight excluding hydrogens is 312 g/mol. The minimum absolute atomic E-state index is 0.0164. The van der Waals surface area contributed by atoms with E-state index < -0.39 is 44.3 Å². The molecule has 0 aliphatic rings. The summed E-state index contributed by atoms with van der Waals surface area (Å²) in [5.41, 5.74) is -2.23. The van der Waals surface area contributed by atoms with Crippen molar-refractivity contribution in [3.63, 3.8) is 0 Å². The second kappa shape index (κ2) is 6.02. The largest absolute Gasteiger partial charge is 0.394 e. The summed E-state index contributed by atoms with van der Waals surface area (Å²) in [5, 5.41) is 29.1. The summed E-state index contributed by atoms with van der Waals surface area (Å²) in [6.45, 7) is -0.0967. The number of aliphatic hydroxyl groups excluding tert-OH is 2. The second-order valence-corrected chi connectivity index (χ2v) is 6.44. The molecule has 20 heavy (non-hydrogen) atoms. The van der Waals surface area contributed by atoms with Gasteiger partial charge < -0.3 is 10.2 Å². The highest BCUT2D eigenvalue weighted by molar-refractivity contribution is 7.89. The van der Waals surface area contributed by atoms with Gasteiger partial charge >= 0.3 is 0 Å². The van der Waals surface area contributed by atoms with E-state index in [0.717, 1.165) is 12.1 Å². The smallest absolute Gasteiger partial charge is 0.290 e. The SMILES string of the molecule is CC(CO)(CO)NS(=O)(=O)c1ccc(Cl)cc1[N+](=O)[O-]. The van der Waals surface area contributed by atoms with Gasteiger partial charge in [0.05, 0.1) is 23.7 Å². The first-order valence-electron chi connectivity index (χ1n) is 5.35. The predicted molar refractivity (Wildman–Crippen MR) is 71.0 cm³/mol. The molecule has 0 aliphatic carbocycles. The average molecular weight is 325 g/mol. The zero-order valence-electron chi connectivity index (χ0n) is 10.4. The fraction of sp³-hybridized carbons (Fsp3) is 0.400. The van der Waals surface area contributed by atoms with E-state index in [9.17, 15) is 18.5 Å². The summed E-state index contributed by atoms with van der Waals surface area (Å²) in [6, 6.07) is 3.08. The van der Waals surface area contributed by atoms with Gasteiger partial charge in [-0.25, -0.2) is 13.1 Å². The summed E-state index contributed by atoms with van der Waals surface area (Å²) < 4.78 is 26.3. The van der Waals surface area contributed by atoms with Crippen LogP contribution in [0.15, 0.2) is 23.1 Å². The lowest BCUT2D eigenvalue weighted by Gasteiger charge is -2.25. The number of nitrogens with one attached hydrogen (secondary N) is 1. The number of hydrogen-bond donors (Lipinski definition) is 3. The molecule has 0 spiro atoms.